The summed E-state index contributed by atoms with van der Waals surface area (Å²) in [4.78, 5) is 0. The van der Waals surface area contributed by atoms with Gasteiger partial charge in [-0.15, -0.1) is 10.2 Å². The number of aromatic nitrogens is 3. The van der Waals surface area contributed by atoms with Gasteiger partial charge in [-0.1, -0.05) is 12.1 Å². The molecule has 1 aromatic carbocycles. The number of hydrogen-bond donors (Lipinski definition) is 2. The van der Waals surface area contributed by atoms with Gasteiger partial charge < -0.3 is 10.1 Å². The number of thiocarbonyl (C=S) groups is 1. The molecule has 0 atom stereocenters. The van der Waals surface area contributed by atoms with Crippen LogP contribution in [0.15, 0.2) is 36.9 Å². The molecule has 0 bridgehead atoms. The Morgan fingerprint density at radius 2 is 1.94 bits per heavy atom. The van der Waals surface area contributed by atoms with Crippen LogP contribution in [0.3, 0.4) is 0 Å². The highest BCUT2D eigenvalue weighted by molar-refractivity contribution is 7.80. The van der Waals surface area contributed by atoms with E-state index in [1.54, 1.807) is 11.8 Å². The molecule has 0 aliphatic rings. The van der Waals surface area contributed by atoms with Gasteiger partial charge in [0, 0.05) is 6.54 Å². The molecule has 2 rings (SSSR count). The number of nitrogens with zero attached hydrogens (tertiary/aromatic N) is 3. The molecular weight excluding hydrogens is 250 g/mol. The van der Waals surface area contributed by atoms with Crippen LogP contribution < -0.4 is 15.5 Å². The maximum atomic E-state index is 5.13. The molecule has 18 heavy (non-hydrogen) atoms. The highest BCUT2D eigenvalue weighted by atomic mass is 32.1. The minimum atomic E-state index is 0.505. The van der Waals surface area contributed by atoms with Gasteiger partial charge in [-0.2, -0.15) is 0 Å². The van der Waals surface area contributed by atoms with Crippen molar-refractivity contribution < 1.29 is 4.74 Å². The molecule has 2 aromatic rings. The predicted octanol–water partition coefficient (Wildman–Crippen LogP) is 0.905. The fourth-order valence-corrected chi connectivity index (χ4v) is 1.52. The number of methoxy groups -OCH3 is 1. The summed E-state index contributed by atoms with van der Waals surface area (Å²) in [6.45, 7) is 0.637. The monoisotopic (exact) mass is 263 g/mol. The lowest BCUT2D eigenvalue weighted by Gasteiger charge is -2.10. The summed E-state index contributed by atoms with van der Waals surface area (Å²) in [6.07, 6.45) is 3.06. The van der Waals surface area contributed by atoms with Crippen LogP contribution in [0, 0.1) is 0 Å². The molecule has 94 valence electrons. The second-order valence-corrected chi connectivity index (χ2v) is 3.92. The first-order valence-electron chi connectivity index (χ1n) is 5.30. The Morgan fingerprint density at radius 3 is 2.56 bits per heavy atom. The van der Waals surface area contributed by atoms with Crippen molar-refractivity contribution >= 4 is 17.3 Å². The Morgan fingerprint density at radius 1 is 1.28 bits per heavy atom. The summed E-state index contributed by atoms with van der Waals surface area (Å²) >= 11 is 5.13. The second kappa shape index (κ2) is 5.97. The second-order valence-electron chi connectivity index (χ2n) is 3.51. The molecule has 2 N–H and O–H groups in total. The van der Waals surface area contributed by atoms with E-state index in [2.05, 4.69) is 20.9 Å². The molecule has 7 heteroatoms. The summed E-state index contributed by atoms with van der Waals surface area (Å²) in [5.41, 5.74) is 4.02. The summed E-state index contributed by atoms with van der Waals surface area (Å²) in [7, 11) is 1.64. The molecule has 0 saturated heterocycles. The van der Waals surface area contributed by atoms with Gasteiger partial charge in [0.25, 0.3) is 0 Å². The van der Waals surface area contributed by atoms with E-state index < -0.39 is 0 Å². The zero-order chi connectivity index (χ0) is 12.8. The smallest absolute Gasteiger partial charge is 0.186 e. The topological polar surface area (TPSA) is 64.0 Å². The summed E-state index contributed by atoms with van der Waals surface area (Å²) in [6, 6.07) is 7.78. The van der Waals surface area contributed by atoms with E-state index in [0.29, 0.717) is 11.7 Å². The van der Waals surface area contributed by atoms with E-state index in [-0.39, 0.29) is 0 Å². The lowest BCUT2D eigenvalue weighted by Crippen LogP contribution is -2.32. The molecule has 0 amide bonds. The minimum Gasteiger partial charge on any atom is -0.497 e. The Hall–Kier alpha value is -2.15. The van der Waals surface area contributed by atoms with Crippen molar-refractivity contribution in [2.24, 2.45) is 0 Å². The molecule has 0 aliphatic carbocycles. The number of benzene rings is 1. The van der Waals surface area contributed by atoms with Gasteiger partial charge >= 0.3 is 0 Å². The Balaban J connectivity index is 1.81. The Kier molecular flexibility index (Phi) is 4.08. The molecule has 0 fully saturated rings. The van der Waals surface area contributed by atoms with E-state index in [4.69, 9.17) is 17.0 Å². The first kappa shape index (κ1) is 12.3. The number of ether oxygens (including phenoxy) is 1. The van der Waals surface area contributed by atoms with Crippen molar-refractivity contribution in [2.45, 2.75) is 6.54 Å². The maximum Gasteiger partial charge on any atom is 0.186 e. The van der Waals surface area contributed by atoms with Gasteiger partial charge in [-0.3, -0.25) is 5.43 Å². The molecule has 0 radical (unpaired) electrons. The standard InChI is InChI=1S/C11H13N5OS/c1-17-10-4-2-9(3-5-10)6-12-11(18)15-16-7-13-14-8-16/h2-5,7-8H,6H2,1H3,(H2,12,15,18). The average Bonchev–Trinajstić information content (AvgIpc) is 2.90. The number of hydrogen-bond acceptors (Lipinski definition) is 4. The molecular formula is C11H13N5OS. The van der Waals surface area contributed by atoms with Crippen molar-refractivity contribution in [1.29, 1.82) is 0 Å². The zero-order valence-electron chi connectivity index (χ0n) is 9.83. The molecule has 0 aliphatic heterocycles. The minimum absolute atomic E-state index is 0.505. The van der Waals surface area contributed by atoms with Gasteiger partial charge in [0.15, 0.2) is 5.11 Å². The van der Waals surface area contributed by atoms with Crippen molar-refractivity contribution in [3.8, 4) is 5.75 Å². The third kappa shape index (κ3) is 3.42. The van der Waals surface area contributed by atoms with Crippen LogP contribution in [0.5, 0.6) is 5.75 Å². The molecule has 1 aromatic heterocycles. The van der Waals surface area contributed by atoms with Gasteiger partial charge in [-0.25, -0.2) is 4.68 Å². The third-order valence-corrected chi connectivity index (χ3v) is 2.50. The van der Waals surface area contributed by atoms with Crippen molar-refractivity contribution in [2.75, 3.05) is 12.5 Å². The summed E-state index contributed by atoms with van der Waals surface area (Å²) in [5.74, 6) is 0.837. The Labute approximate surface area is 110 Å². The third-order valence-electron chi connectivity index (χ3n) is 2.26. The Bertz CT molecular complexity index is 497. The van der Waals surface area contributed by atoms with Crippen molar-refractivity contribution in [1.82, 2.24) is 20.2 Å². The van der Waals surface area contributed by atoms with Crippen molar-refractivity contribution in [3.63, 3.8) is 0 Å². The fraction of sp³-hybridized carbons (Fsp3) is 0.182. The van der Waals surface area contributed by atoms with E-state index in [9.17, 15) is 0 Å². The van der Waals surface area contributed by atoms with Crippen LogP contribution in [0.2, 0.25) is 0 Å². The lowest BCUT2D eigenvalue weighted by atomic mass is 10.2. The fourth-order valence-electron chi connectivity index (χ4n) is 1.34. The number of nitrogens with one attached hydrogen (secondary N) is 2. The van der Waals surface area contributed by atoms with Crippen LogP contribution >= 0.6 is 12.2 Å². The average molecular weight is 263 g/mol. The largest absolute Gasteiger partial charge is 0.497 e. The van der Waals surface area contributed by atoms with Crippen LogP contribution in [0.25, 0.3) is 0 Å². The normalized spacial score (nSPS) is 9.83. The van der Waals surface area contributed by atoms with E-state index in [1.165, 1.54) is 12.7 Å². The zero-order valence-corrected chi connectivity index (χ0v) is 10.6. The highest BCUT2D eigenvalue weighted by Gasteiger charge is 1.98. The summed E-state index contributed by atoms with van der Waals surface area (Å²) in [5, 5.41) is 10.9. The van der Waals surface area contributed by atoms with Crippen LogP contribution in [-0.2, 0) is 6.54 Å². The van der Waals surface area contributed by atoms with Gasteiger partial charge in [-0.05, 0) is 29.9 Å². The van der Waals surface area contributed by atoms with Crippen molar-refractivity contribution in [3.05, 3.63) is 42.5 Å². The highest BCUT2D eigenvalue weighted by Crippen LogP contribution is 2.10. The quantitative estimate of drug-likeness (QED) is 0.799. The van der Waals surface area contributed by atoms with E-state index in [0.717, 1.165) is 11.3 Å². The summed E-state index contributed by atoms with van der Waals surface area (Å²) < 4.78 is 6.66. The number of rotatable bonds is 4. The van der Waals surface area contributed by atoms with Gasteiger partial charge in [0.05, 0.1) is 7.11 Å². The molecule has 1 heterocycles. The lowest BCUT2D eigenvalue weighted by molar-refractivity contribution is 0.414. The first-order valence-corrected chi connectivity index (χ1v) is 5.71. The molecule has 0 saturated carbocycles. The molecule has 0 unspecified atom stereocenters. The van der Waals surface area contributed by atoms with Gasteiger partial charge in [0.1, 0.15) is 18.4 Å². The van der Waals surface area contributed by atoms with Crippen LogP contribution in [0.1, 0.15) is 5.56 Å². The SMILES string of the molecule is COc1ccc(CNC(=S)Nn2cnnc2)cc1. The molecule has 6 nitrogen and oxygen atoms in total. The van der Waals surface area contributed by atoms with E-state index >= 15 is 0 Å². The first-order chi connectivity index (χ1) is 8.78. The van der Waals surface area contributed by atoms with Crippen LogP contribution in [0.4, 0.5) is 0 Å². The van der Waals surface area contributed by atoms with E-state index in [1.807, 2.05) is 24.3 Å². The maximum absolute atomic E-state index is 5.13. The molecule has 0 spiro atoms. The predicted molar refractivity (Wildman–Crippen MR) is 71.8 cm³/mol. The van der Waals surface area contributed by atoms with Crippen LogP contribution in [-0.4, -0.2) is 27.1 Å². The van der Waals surface area contributed by atoms with Gasteiger partial charge in [0.2, 0.25) is 0 Å².